The summed E-state index contributed by atoms with van der Waals surface area (Å²) in [5.41, 5.74) is 2.52. The molecule has 0 saturated heterocycles. The van der Waals surface area contributed by atoms with Gasteiger partial charge < -0.3 is 4.98 Å². The molecule has 3 rings (SSSR count). The van der Waals surface area contributed by atoms with Gasteiger partial charge in [0.2, 0.25) is 0 Å². The van der Waals surface area contributed by atoms with E-state index in [0.29, 0.717) is 17.4 Å². The Kier molecular flexibility index (Phi) is 3.59. The third kappa shape index (κ3) is 2.74. The lowest BCUT2D eigenvalue weighted by Crippen LogP contribution is -2.11. The molecule has 0 radical (unpaired) electrons. The van der Waals surface area contributed by atoms with E-state index >= 15 is 0 Å². The van der Waals surface area contributed by atoms with E-state index in [0.717, 1.165) is 27.9 Å². The molecule has 0 atom stereocenters. The zero-order chi connectivity index (χ0) is 15.0. The van der Waals surface area contributed by atoms with Crippen molar-refractivity contribution in [3.8, 4) is 11.5 Å². The largest absolute Gasteiger partial charge is 0.329 e. The highest BCUT2D eigenvalue weighted by Crippen LogP contribution is 2.25. The Bertz CT molecular complexity index is 848. The third-order valence-corrected chi connectivity index (χ3v) is 4.23. The van der Waals surface area contributed by atoms with Crippen molar-refractivity contribution >= 4 is 21.6 Å². The Morgan fingerprint density at radius 2 is 2.10 bits per heavy atom. The second kappa shape index (κ2) is 5.41. The SMILES string of the molecule is Cc1cccc(-c2nc(=O)c3c(CC(C)C)csc3[nH]2)n1. The van der Waals surface area contributed by atoms with E-state index in [1.165, 1.54) is 0 Å². The lowest BCUT2D eigenvalue weighted by Gasteiger charge is -2.04. The maximum Gasteiger partial charge on any atom is 0.282 e. The van der Waals surface area contributed by atoms with Crippen LogP contribution in [-0.4, -0.2) is 15.0 Å². The van der Waals surface area contributed by atoms with Crippen LogP contribution in [0.3, 0.4) is 0 Å². The minimum Gasteiger partial charge on any atom is -0.329 e. The van der Waals surface area contributed by atoms with Gasteiger partial charge >= 0.3 is 0 Å². The van der Waals surface area contributed by atoms with E-state index in [1.807, 2.05) is 25.1 Å². The first-order valence-electron chi connectivity index (χ1n) is 6.99. The fourth-order valence-corrected chi connectivity index (χ4v) is 3.37. The molecule has 0 amide bonds. The molecule has 0 saturated carbocycles. The van der Waals surface area contributed by atoms with Gasteiger partial charge in [-0.2, -0.15) is 4.98 Å². The number of rotatable bonds is 3. The number of aryl methyl sites for hydroxylation is 1. The molecule has 0 unspecified atom stereocenters. The summed E-state index contributed by atoms with van der Waals surface area (Å²) in [6, 6.07) is 5.70. The third-order valence-electron chi connectivity index (χ3n) is 3.29. The van der Waals surface area contributed by atoms with E-state index in [1.54, 1.807) is 11.3 Å². The van der Waals surface area contributed by atoms with Crippen LogP contribution in [0.25, 0.3) is 21.7 Å². The molecule has 0 spiro atoms. The molecule has 21 heavy (non-hydrogen) atoms. The van der Waals surface area contributed by atoms with Crippen LogP contribution in [-0.2, 0) is 6.42 Å². The lowest BCUT2D eigenvalue weighted by molar-refractivity contribution is 0.651. The second-order valence-corrected chi connectivity index (χ2v) is 6.50. The standard InChI is InChI=1S/C16H17N3OS/c1-9(2)7-11-8-21-16-13(11)15(20)18-14(19-16)12-6-4-5-10(3)17-12/h4-6,8-9H,7H2,1-3H3,(H,18,19,20). The minimum absolute atomic E-state index is 0.168. The molecule has 0 aromatic carbocycles. The number of hydrogen-bond donors (Lipinski definition) is 1. The van der Waals surface area contributed by atoms with Crippen molar-refractivity contribution < 1.29 is 0 Å². The van der Waals surface area contributed by atoms with Crippen LogP contribution in [0.1, 0.15) is 25.1 Å². The predicted octanol–water partition coefficient (Wildman–Crippen LogP) is 3.55. The summed E-state index contributed by atoms with van der Waals surface area (Å²) in [6.07, 6.45) is 0.896. The number of fused-ring (bicyclic) bond motifs is 1. The van der Waals surface area contributed by atoms with Gasteiger partial charge in [-0.05, 0) is 42.3 Å². The Morgan fingerprint density at radius 3 is 2.81 bits per heavy atom. The number of nitrogens with one attached hydrogen (secondary N) is 1. The summed E-state index contributed by atoms with van der Waals surface area (Å²) in [6.45, 7) is 6.22. The molecule has 3 aromatic rings. The van der Waals surface area contributed by atoms with Gasteiger partial charge in [0, 0.05) is 5.69 Å². The Hall–Kier alpha value is -2.01. The summed E-state index contributed by atoms with van der Waals surface area (Å²) in [5, 5.41) is 2.78. The van der Waals surface area contributed by atoms with Gasteiger partial charge in [0.25, 0.3) is 5.56 Å². The molecule has 108 valence electrons. The first kappa shape index (κ1) is 13.9. The average molecular weight is 299 g/mol. The zero-order valence-electron chi connectivity index (χ0n) is 12.3. The second-order valence-electron chi connectivity index (χ2n) is 5.62. The normalized spacial score (nSPS) is 11.4. The molecule has 3 aromatic heterocycles. The Morgan fingerprint density at radius 1 is 1.29 bits per heavy atom. The number of aromatic nitrogens is 3. The maximum atomic E-state index is 12.4. The van der Waals surface area contributed by atoms with Crippen LogP contribution in [0.2, 0.25) is 0 Å². The summed E-state index contributed by atoms with van der Waals surface area (Å²) in [7, 11) is 0. The van der Waals surface area contributed by atoms with Crippen LogP contribution in [0.15, 0.2) is 28.4 Å². The average Bonchev–Trinajstić information content (AvgIpc) is 2.81. The maximum absolute atomic E-state index is 12.4. The van der Waals surface area contributed by atoms with Gasteiger partial charge in [-0.1, -0.05) is 19.9 Å². The van der Waals surface area contributed by atoms with Crippen LogP contribution in [0, 0.1) is 12.8 Å². The van der Waals surface area contributed by atoms with Crippen molar-refractivity contribution in [1.82, 2.24) is 15.0 Å². The Balaban J connectivity index is 2.15. The molecular formula is C16H17N3OS. The molecule has 1 N–H and O–H groups in total. The summed E-state index contributed by atoms with van der Waals surface area (Å²) in [4.78, 5) is 25.1. The highest BCUT2D eigenvalue weighted by atomic mass is 32.1. The first-order chi connectivity index (χ1) is 10.0. The van der Waals surface area contributed by atoms with Gasteiger partial charge in [0.15, 0.2) is 5.82 Å². The number of thiophene rings is 1. The molecule has 0 bridgehead atoms. The summed E-state index contributed by atoms with van der Waals surface area (Å²) in [5.74, 6) is 1.05. The molecule has 5 heteroatoms. The molecule has 3 heterocycles. The van der Waals surface area contributed by atoms with E-state index in [2.05, 4.69) is 34.2 Å². The zero-order valence-corrected chi connectivity index (χ0v) is 13.1. The summed E-state index contributed by atoms with van der Waals surface area (Å²) >= 11 is 1.56. The molecule has 0 aliphatic carbocycles. The van der Waals surface area contributed by atoms with E-state index in [4.69, 9.17) is 0 Å². The highest BCUT2D eigenvalue weighted by molar-refractivity contribution is 7.16. The highest BCUT2D eigenvalue weighted by Gasteiger charge is 2.13. The molecule has 0 fully saturated rings. The van der Waals surface area contributed by atoms with Crippen molar-refractivity contribution in [2.75, 3.05) is 0 Å². The van der Waals surface area contributed by atoms with E-state index < -0.39 is 0 Å². The lowest BCUT2D eigenvalue weighted by atomic mass is 10.0. The number of aromatic amines is 1. The number of nitrogens with zero attached hydrogens (tertiary/aromatic N) is 2. The smallest absolute Gasteiger partial charge is 0.282 e. The van der Waals surface area contributed by atoms with Crippen molar-refractivity contribution in [1.29, 1.82) is 0 Å². The van der Waals surface area contributed by atoms with Crippen molar-refractivity contribution in [3.63, 3.8) is 0 Å². The van der Waals surface area contributed by atoms with Crippen molar-refractivity contribution in [2.24, 2.45) is 5.92 Å². The van der Waals surface area contributed by atoms with Crippen molar-refractivity contribution in [3.05, 3.63) is 45.2 Å². The number of pyridine rings is 1. The van der Waals surface area contributed by atoms with Crippen LogP contribution in [0.4, 0.5) is 0 Å². The quantitative estimate of drug-likeness (QED) is 0.804. The van der Waals surface area contributed by atoms with Gasteiger partial charge in [-0.25, -0.2) is 4.98 Å². The first-order valence-corrected chi connectivity index (χ1v) is 7.87. The minimum atomic E-state index is -0.168. The molecule has 0 aliphatic rings. The van der Waals surface area contributed by atoms with Crippen LogP contribution < -0.4 is 5.56 Å². The van der Waals surface area contributed by atoms with Crippen LogP contribution in [0.5, 0.6) is 0 Å². The number of hydrogen-bond acceptors (Lipinski definition) is 4. The molecule has 4 nitrogen and oxygen atoms in total. The molecular weight excluding hydrogens is 282 g/mol. The van der Waals surface area contributed by atoms with E-state index in [9.17, 15) is 4.79 Å². The van der Waals surface area contributed by atoms with Crippen LogP contribution >= 0.6 is 11.3 Å². The fourth-order valence-electron chi connectivity index (χ4n) is 2.40. The van der Waals surface area contributed by atoms with E-state index in [-0.39, 0.29) is 5.56 Å². The summed E-state index contributed by atoms with van der Waals surface area (Å²) < 4.78 is 0. The van der Waals surface area contributed by atoms with Gasteiger partial charge in [-0.15, -0.1) is 11.3 Å². The fraction of sp³-hybridized carbons (Fsp3) is 0.312. The van der Waals surface area contributed by atoms with Gasteiger partial charge in [-0.3, -0.25) is 4.79 Å². The topological polar surface area (TPSA) is 58.6 Å². The Labute approximate surface area is 126 Å². The monoisotopic (exact) mass is 299 g/mol. The van der Waals surface area contributed by atoms with Gasteiger partial charge in [0.05, 0.1) is 5.39 Å². The predicted molar refractivity (Wildman–Crippen MR) is 86.8 cm³/mol. The molecule has 0 aliphatic heterocycles. The number of H-pyrrole nitrogens is 1. The van der Waals surface area contributed by atoms with Crippen molar-refractivity contribution in [2.45, 2.75) is 27.2 Å². The van der Waals surface area contributed by atoms with Gasteiger partial charge in [0.1, 0.15) is 10.5 Å².